The normalized spacial score (nSPS) is 16.9. The number of nitrogens with one attached hydrogen (secondary N) is 2. The van der Waals surface area contributed by atoms with Crippen LogP contribution < -0.4 is 10.6 Å². The van der Waals surface area contributed by atoms with Gasteiger partial charge in [-0.15, -0.1) is 24.0 Å². The summed E-state index contributed by atoms with van der Waals surface area (Å²) in [6.45, 7) is 10.4. The van der Waals surface area contributed by atoms with E-state index in [0.717, 1.165) is 44.5 Å². The molecule has 22 heavy (non-hydrogen) atoms. The van der Waals surface area contributed by atoms with Gasteiger partial charge in [-0.1, -0.05) is 33.1 Å². The standard InChI is InChI=1S/C17H35N3O.HI/c1-5-15(6-2)13-19-16(18-7-3)20-14-17(9-8-10-17)11-12-21-4;/h15H,5-14H2,1-4H3,(H2,18,19,20);1H. The van der Waals surface area contributed by atoms with E-state index in [1.165, 1.54) is 32.1 Å². The molecule has 1 aliphatic carbocycles. The highest BCUT2D eigenvalue weighted by Gasteiger charge is 2.36. The molecule has 1 aliphatic rings. The van der Waals surface area contributed by atoms with Gasteiger partial charge >= 0.3 is 0 Å². The van der Waals surface area contributed by atoms with Crippen molar-refractivity contribution in [2.75, 3.05) is 33.4 Å². The van der Waals surface area contributed by atoms with Crippen LogP contribution in [0.5, 0.6) is 0 Å². The number of hydrogen-bond donors (Lipinski definition) is 2. The molecule has 0 aromatic carbocycles. The van der Waals surface area contributed by atoms with Gasteiger partial charge in [0.05, 0.1) is 0 Å². The average molecular weight is 425 g/mol. The van der Waals surface area contributed by atoms with Crippen LogP contribution in [0.1, 0.15) is 59.3 Å². The topological polar surface area (TPSA) is 45.7 Å². The minimum Gasteiger partial charge on any atom is -0.385 e. The Hall–Kier alpha value is -0.0400. The second-order valence-electron chi connectivity index (χ2n) is 6.35. The van der Waals surface area contributed by atoms with Gasteiger partial charge in [0, 0.05) is 33.4 Å². The highest BCUT2D eigenvalue weighted by molar-refractivity contribution is 14.0. The summed E-state index contributed by atoms with van der Waals surface area (Å²) in [7, 11) is 1.79. The van der Waals surface area contributed by atoms with Crippen molar-refractivity contribution in [3.8, 4) is 0 Å². The van der Waals surface area contributed by atoms with Gasteiger partial charge in [0.15, 0.2) is 5.96 Å². The number of rotatable bonds is 10. The molecule has 0 aromatic heterocycles. The molecule has 0 radical (unpaired) electrons. The molecule has 1 fully saturated rings. The fourth-order valence-corrected chi connectivity index (χ4v) is 2.89. The van der Waals surface area contributed by atoms with Gasteiger partial charge in [-0.3, -0.25) is 4.99 Å². The molecular weight excluding hydrogens is 389 g/mol. The van der Waals surface area contributed by atoms with Crippen molar-refractivity contribution in [1.82, 2.24) is 10.6 Å². The molecule has 1 rings (SSSR count). The van der Waals surface area contributed by atoms with E-state index in [4.69, 9.17) is 9.73 Å². The lowest BCUT2D eigenvalue weighted by molar-refractivity contribution is 0.0778. The Morgan fingerprint density at radius 1 is 1.18 bits per heavy atom. The van der Waals surface area contributed by atoms with Gasteiger partial charge < -0.3 is 15.4 Å². The van der Waals surface area contributed by atoms with E-state index in [9.17, 15) is 0 Å². The molecule has 0 atom stereocenters. The molecule has 5 heteroatoms. The largest absolute Gasteiger partial charge is 0.385 e. The highest BCUT2D eigenvalue weighted by atomic mass is 127. The van der Waals surface area contributed by atoms with Crippen molar-refractivity contribution in [1.29, 1.82) is 0 Å². The number of guanidine groups is 1. The van der Waals surface area contributed by atoms with Crippen LogP contribution in [0.25, 0.3) is 0 Å². The molecule has 0 amide bonds. The molecule has 0 heterocycles. The Morgan fingerprint density at radius 2 is 1.86 bits per heavy atom. The molecule has 0 spiro atoms. The fourth-order valence-electron chi connectivity index (χ4n) is 2.89. The van der Waals surface area contributed by atoms with E-state index in [1.807, 2.05) is 0 Å². The monoisotopic (exact) mass is 425 g/mol. The number of halogens is 1. The second kappa shape index (κ2) is 12.4. The Labute approximate surface area is 154 Å². The Bertz CT molecular complexity index is 302. The second-order valence-corrected chi connectivity index (χ2v) is 6.35. The third-order valence-electron chi connectivity index (χ3n) is 4.88. The van der Waals surface area contributed by atoms with Crippen LogP contribution in [0, 0.1) is 11.3 Å². The van der Waals surface area contributed by atoms with Crippen LogP contribution in [0.3, 0.4) is 0 Å². The molecular formula is C17H36IN3O. The van der Waals surface area contributed by atoms with Gasteiger partial charge in [0.1, 0.15) is 0 Å². The zero-order valence-electron chi connectivity index (χ0n) is 14.9. The molecule has 4 nitrogen and oxygen atoms in total. The summed E-state index contributed by atoms with van der Waals surface area (Å²) in [5, 5.41) is 6.88. The van der Waals surface area contributed by atoms with E-state index in [1.54, 1.807) is 7.11 Å². The molecule has 2 N–H and O–H groups in total. The summed E-state index contributed by atoms with van der Waals surface area (Å²) >= 11 is 0. The number of methoxy groups -OCH3 is 1. The summed E-state index contributed by atoms with van der Waals surface area (Å²) in [6.07, 6.45) is 7.52. The maximum atomic E-state index is 5.26. The highest BCUT2D eigenvalue weighted by Crippen LogP contribution is 2.44. The third-order valence-corrected chi connectivity index (χ3v) is 4.88. The Morgan fingerprint density at radius 3 is 2.32 bits per heavy atom. The van der Waals surface area contributed by atoms with Crippen LogP contribution >= 0.6 is 24.0 Å². The molecule has 0 aliphatic heterocycles. The first kappa shape index (κ1) is 22.0. The molecule has 0 aromatic rings. The van der Waals surface area contributed by atoms with Crippen LogP contribution in [-0.2, 0) is 4.74 Å². The van der Waals surface area contributed by atoms with Gasteiger partial charge in [-0.2, -0.15) is 0 Å². The lowest BCUT2D eigenvalue weighted by Crippen LogP contribution is -2.41. The minimum absolute atomic E-state index is 0. The van der Waals surface area contributed by atoms with Crippen LogP contribution in [0.2, 0.25) is 0 Å². The van der Waals surface area contributed by atoms with Crippen molar-refractivity contribution in [3.63, 3.8) is 0 Å². The van der Waals surface area contributed by atoms with E-state index >= 15 is 0 Å². The zero-order valence-corrected chi connectivity index (χ0v) is 17.2. The van der Waals surface area contributed by atoms with Gasteiger partial charge in [0.25, 0.3) is 0 Å². The van der Waals surface area contributed by atoms with E-state index < -0.39 is 0 Å². The Kier molecular flexibility index (Phi) is 12.4. The summed E-state index contributed by atoms with van der Waals surface area (Å²) in [5.41, 5.74) is 0.396. The van der Waals surface area contributed by atoms with Gasteiger partial charge in [0.2, 0.25) is 0 Å². The van der Waals surface area contributed by atoms with Gasteiger partial charge in [-0.25, -0.2) is 0 Å². The van der Waals surface area contributed by atoms with E-state index in [0.29, 0.717) is 5.41 Å². The molecule has 0 bridgehead atoms. The number of ether oxygens (including phenoxy) is 1. The van der Waals surface area contributed by atoms with Gasteiger partial charge in [-0.05, 0) is 37.5 Å². The predicted octanol–water partition coefficient (Wildman–Crippen LogP) is 3.80. The quantitative estimate of drug-likeness (QED) is 0.318. The lowest BCUT2D eigenvalue weighted by atomic mass is 9.67. The third kappa shape index (κ3) is 7.49. The van der Waals surface area contributed by atoms with Crippen LogP contribution in [0.15, 0.2) is 4.99 Å². The van der Waals surface area contributed by atoms with Crippen LogP contribution in [0.4, 0.5) is 0 Å². The zero-order chi connectivity index (χ0) is 15.6. The first-order chi connectivity index (χ1) is 10.2. The van der Waals surface area contributed by atoms with E-state index in [2.05, 4.69) is 31.4 Å². The molecule has 0 unspecified atom stereocenters. The maximum absolute atomic E-state index is 5.26. The summed E-state index contributed by atoms with van der Waals surface area (Å²) < 4.78 is 5.26. The van der Waals surface area contributed by atoms with E-state index in [-0.39, 0.29) is 24.0 Å². The van der Waals surface area contributed by atoms with Crippen LogP contribution in [-0.4, -0.2) is 39.3 Å². The predicted molar refractivity (Wildman–Crippen MR) is 106 cm³/mol. The van der Waals surface area contributed by atoms with Crippen molar-refractivity contribution < 1.29 is 4.74 Å². The smallest absolute Gasteiger partial charge is 0.191 e. The number of nitrogens with zero attached hydrogens (tertiary/aromatic N) is 1. The lowest BCUT2D eigenvalue weighted by Gasteiger charge is -2.40. The summed E-state index contributed by atoms with van der Waals surface area (Å²) in [4.78, 5) is 4.84. The Balaban J connectivity index is 0.00000441. The van der Waals surface area contributed by atoms with Crippen molar-refractivity contribution in [2.24, 2.45) is 16.3 Å². The number of aliphatic imine (C=N–C) groups is 1. The average Bonchev–Trinajstić information content (AvgIpc) is 2.46. The number of hydrogen-bond acceptors (Lipinski definition) is 2. The summed E-state index contributed by atoms with van der Waals surface area (Å²) in [5.74, 6) is 1.72. The first-order valence-electron chi connectivity index (χ1n) is 8.70. The molecule has 132 valence electrons. The van der Waals surface area contributed by atoms with Crippen molar-refractivity contribution in [2.45, 2.75) is 59.3 Å². The molecule has 0 saturated heterocycles. The molecule has 1 saturated carbocycles. The van der Waals surface area contributed by atoms with Crippen molar-refractivity contribution >= 4 is 29.9 Å². The minimum atomic E-state index is 0. The SMILES string of the molecule is CCNC(=NCC1(CCOC)CCC1)NCC(CC)CC.I. The summed E-state index contributed by atoms with van der Waals surface area (Å²) in [6, 6.07) is 0. The fraction of sp³-hybridized carbons (Fsp3) is 0.941. The first-order valence-corrected chi connectivity index (χ1v) is 8.70. The van der Waals surface area contributed by atoms with Crippen molar-refractivity contribution in [3.05, 3.63) is 0 Å². The maximum Gasteiger partial charge on any atom is 0.191 e.